The Morgan fingerprint density at radius 2 is 2.15 bits per heavy atom. The Morgan fingerprint density at radius 1 is 1.35 bits per heavy atom. The third-order valence-electron chi connectivity index (χ3n) is 4.92. The molecular weight excluding hydrogens is 461 g/mol. The van der Waals surface area contributed by atoms with Crippen LogP contribution in [0.2, 0.25) is 0 Å². The number of rotatable bonds is 5. The van der Waals surface area contributed by atoms with Crippen molar-refractivity contribution in [2.45, 2.75) is 51.2 Å². The van der Waals surface area contributed by atoms with Crippen molar-refractivity contribution in [2.24, 2.45) is 4.99 Å². The van der Waals surface area contributed by atoms with E-state index in [2.05, 4.69) is 48.5 Å². The highest BCUT2D eigenvalue weighted by atomic mass is 127. The van der Waals surface area contributed by atoms with E-state index in [1.807, 2.05) is 11.3 Å². The summed E-state index contributed by atoms with van der Waals surface area (Å²) in [7, 11) is 0. The predicted octanol–water partition coefficient (Wildman–Crippen LogP) is 3.49. The summed E-state index contributed by atoms with van der Waals surface area (Å²) in [6.07, 6.45) is 2.66. The zero-order valence-electron chi connectivity index (χ0n) is 16.1. The largest absolute Gasteiger partial charge is 0.375 e. The summed E-state index contributed by atoms with van der Waals surface area (Å²) < 4.78 is 11.8. The second-order valence-corrected chi connectivity index (χ2v) is 8.39. The zero-order chi connectivity index (χ0) is 17.7. The predicted molar refractivity (Wildman–Crippen MR) is 119 cm³/mol. The molecule has 0 amide bonds. The van der Waals surface area contributed by atoms with E-state index < -0.39 is 0 Å². The van der Waals surface area contributed by atoms with Crippen molar-refractivity contribution in [2.75, 3.05) is 39.4 Å². The lowest BCUT2D eigenvalue weighted by Gasteiger charge is -2.37. The molecule has 0 radical (unpaired) electrons. The molecule has 148 valence electrons. The van der Waals surface area contributed by atoms with Crippen molar-refractivity contribution in [1.29, 1.82) is 0 Å². The van der Waals surface area contributed by atoms with E-state index in [0.29, 0.717) is 0 Å². The number of nitrogens with one attached hydrogen (secondary N) is 1. The first-order valence-electron chi connectivity index (χ1n) is 9.40. The SMILES string of the molecule is CCNC(=NCC(C)(C)c1cccs1)N1CCOC(C2CCCO2)C1.I. The van der Waals surface area contributed by atoms with Gasteiger partial charge < -0.3 is 19.7 Å². The van der Waals surface area contributed by atoms with E-state index >= 15 is 0 Å². The van der Waals surface area contributed by atoms with Crippen LogP contribution in [0.15, 0.2) is 22.5 Å². The quantitative estimate of drug-likeness (QED) is 0.388. The van der Waals surface area contributed by atoms with Crippen LogP contribution in [0.4, 0.5) is 0 Å². The van der Waals surface area contributed by atoms with Crippen molar-refractivity contribution >= 4 is 41.3 Å². The minimum Gasteiger partial charge on any atom is -0.375 e. The Kier molecular flexibility index (Phi) is 8.63. The van der Waals surface area contributed by atoms with Gasteiger partial charge in [-0.3, -0.25) is 4.99 Å². The van der Waals surface area contributed by atoms with Gasteiger partial charge in [-0.2, -0.15) is 0 Å². The average molecular weight is 493 g/mol. The molecule has 3 rings (SSSR count). The highest BCUT2D eigenvalue weighted by Crippen LogP contribution is 2.28. The van der Waals surface area contributed by atoms with E-state index in [1.165, 1.54) is 4.88 Å². The molecule has 0 aliphatic carbocycles. The van der Waals surface area contributed by atoms with Gasteiger partial charge in [-0.25, -0.2) is 0 Å². The molecule has 2 saturated heterocycles. The van der Waals surface area contributed by atoms with Crippen LogP contribution >= 0.6 is 35.3 Å². The molecule has 0 spiro atoms. The molecule has 0 bridgehead atoms. The van der Waals surface area contributed by atoms with Crippen molar-refractivity contribution in [3.63, 3.8) is 0 Å². The van der Waals surface area contributed by atoms with Crippen molar-refractivity contribution in [1.82, 2.24) is 10.2 Å². The number of hydrogen-bond acceptors (Lipinski definition) is 4. The van der Waals surface area contributed by atoms with Gasteiger partial charge in [0.05, 0.1) is 19.3 Å². The van der Waals surface area contributed by atoms with Gasteiger partial charge in [0, 0.05) is 36.5 Å². The van der Waals surface area contributed by atoms with Gasteiger partial charge in [0.25, 0.3) is 0 Å². The molecular formula is C19H32IN3O2S. The summed E-state index contributed by atoms with van der Waals surface area (Å²) in [5, 5.41) is 5.60. The molecule has 2 aliphatic heterocycles. The van der Waals surface area contributed by atoms with E-state index in [4.69, 9.17) is 14.5 Å². The first-order valence-corrected chi connectivity index (χ1v) is 10.3. The van der Waals surface area contributed by atoms with E-state index in [0.717, 1.165) is 58.2 Å². The van der Waals surface area contributed by atoms with Crippen LogP contribution in [0, 0.1) is 0 Å². The lowest BCUT2D eigenvalue weighted by Crippen LogP contribution is -2.53. The van der Waals surface area contributed by atoms with Gasteiger partial charge in [0.15, 0.2) is 5.96 Å². The second-order valence-electron chi connectivity index (χ2n) is 7.44. The number of guanidine groups is 1. The highest BCUT2D eigenvalue weighted by molar-refractivity contribution is 14.0. The number of halogens is 1. The van der Waals surface area contributed by atoms with Crippen molar-refractivity contribution in [3.8, 4) is 0 Å². The highest BCUT2D eigenvalue weighted by Gasteiger charge is 2.32. The maximum atomic E-state index is 5.98. The molecule has 0 aromatic carbocycles. The molecule has 26 heavy (non-hydrogen) atoms. The fourth-order valence-electron chi connectivity index (χ4n) is 3.43. The number of hydrogen-bond donors (Lipinski definition) is 1. The molecule has 1 aromatic rings. The summed E-state index contributed by atoms with van der Waals surface area (Å²) in [6.45, 7) is 11.7. The van der Waals surface area contributed by atoms with Crippen LogP contribution in [0.3, 0.4) is 0 Å². The number of nitrogens with zero attached hydrogens (tertiary/aromatic N) is 2. The second kappa shape index (κ2) is 10.2. The summed E-state index contributed by atoms with van der Waals surface area (Å²) in [5.41, 5.74) is 0.0507. The molecule has 2 unspecified atom stereocenters. The van der Waals surface area contributed by atoms with Gasteiger partial charge in [0.2, 0.25) is 0 Å². The molecule has 2 atom stereocenters. The van der Waals surface area contributed by atoms with Gasteiger partial charge in [-0.1, -0.05) is 19.9 Å². The fraction of sp³-hybridized carbons (Fsp3) is 0.737. The fourth-order valence-corrected chi connectivity index (χ4v) is 4.27. The maximum Gasteiger partial charge on any atom is 0.194 e. The van der Waals surface area contributed by atoms with Crippen molar-refractivity contribution in [3.05, 3.63) is 22.4 Å². The minimum atomic E-state index is 0. The van der Waals surface area contributed by atoms with Gasteiger partial charge in [0.1, 0.15) is 6.10 Å². The molecule has 5 nitrogen and oxygen atoms in total. The van der Waals surface area contributed by atoms with E-state index in [1.54, 1.807) is 0 Å². The Balaban J connectivity index is 0.00000243. The first kappa shape index (κ1) is 21.9. The van der Waals surface area contributed by atoms with Crippen LogP contribution < -0.4 is 5.32 Å². The zero-order valence-corrected chi connectivity index (χ0v) is 19.2. The van der Waals surface area contributed by atoms with Crippen molar-refractivity contribution < 1.29 is 9.47 Å². The monoisotopic (exact) mass is 493 g/mol. The van der Waals surface area contributed by atoms with Gasteiger partial charge in [-0.15, -0.1) is 35.3 Å². The van der Waals surface area contributed by atoms with E-state index in [-0.39, 0.29) is 41.6 Å². The summed E-state index contributed by atoms with van der Waals surface area (Å²) >= 11 is 1.81. The molecule has 1 N–H and O–H groups in total. The third-order valence-corrected chi connectivity index (χ3v) is 6.16. The standard InChI is InChI=1S/C19H31N3O2S.HI/c1-4-20-18(21-14-19(2,3)17-8-6-12-25-17)22-9-11-24-16(13-22)15-7-5-10-23-15;/h6,8,12,15-16H,4-5,7,9-11,13-14H2,1-3H3,(H,20,21);1H. The molecule has 2 aliphatic rings. The number of thiophene rings is 1. The smallest absolute Gasteiger partial charge is 0.194 e. The third kappa shape index (κ3) is 5.56. The van der Waals surface area contributed by atoms with Crippen LogP contribution in [-0.4, -0.2) is 62.5 Å². The average Bonchev–Trinajstić information content (AvgIpc) is 3.32. The molecule has 0 saturated carbocycles. The Labute approximate surface area is 178 Å². The maximum absolute atomic E-state index is 5.98. The molecule has 2 fully saturated rings. The number of morpholine rings is 1. The topological polar surface area (TPSA) is 46.1 Å². The first-order chi connectivity index (χ1) is 12.1. The van der Waals surface area contributed by atoms with Crippen LogP contribution in [0.25, 0.3) is 0 Å². The molecule has 1 aromatic heterocycles. The summed E-state index contributed by atoms with van der Waals surface area (Å²) in [4.78, 5) is 8.69. The summed E-state index contributed by atoms with van der Waals surface area (Å²) in [5.74, 6) is 0.999. The molecule has 7 heteroatoms. The Morgan fingerprint density at radius 3 is 2.81 bits per heavy atom. The number of aliphatic imine (C=N–C) groups is 1. The normalized spacial score (nSPS) is 24.4. The number of ether oxygens (including phenoxy) is 2. The van der Waals surface area contributed by atoms with Crippen LogP contribution in [0.1, 0.15) is 38.5 Å². The summed E-state index contributed by atoms with van der Waals surface area (Å²) in [6, 6.07) is 4.32. The minimum absolute atomic E-state index is 0. The molecule has 3 heterocycles. The lowest BCUT2D eigenvalue weighted by molar-refractivity contribution is -0.0817. The Bertz CT molecular complexity index is 559. The van der Waals surface area contributed by atoms with E-state index in [9.17, 15) is 0 Å². The van der Waals surface area contributed by atoms with Gasteiger partial charge in [-0.05, 0) is 31.2 Å². The Hall–Kier alpha value is -0.380. The van der Waals surface area contributed by atoms with Gasteiger partial charge >= 0.3 is 0 Å². The lowest BCUT2D eigenvalue weighted by atomic mass is 9.92. The van der Waals surface area contributed by atoms with Crippen LogP contribution in [0.5, 0.6) is 0 Å². The van der Waals surface area contributed by atoms with Crippen LogP contribution in [-0.2, 0) is 14.9 Å².